The lowest BCUT2D eigenvalue weighted by atomic mass is 10.3. The van der Waals surface area contributed by atoms with Crippen LogP contribution in [0, 0.1) is 0 Å². The fourth-order valence-corrected chi connectivity index (χ4v) is 2.78. The molecule has 0 atom stereocenters. The minimum Gasteiger partial charge on any atom is -0.443 e. The lowest BCUT2D eigenvalue weighted by Gasteiger charge is -1.98. The Morgan fingerprint density at radius 2 is 2.36 bits per heavy atom. The molecule has 6 nitrogen and oxygen atoms in total. The summed E-state index contributed by atoms with van der Waals surface area (Å²) in [5.74, 6) is 1.54. The van der Waals surface area contributed by atoms with Crippen LogP contribution in [0.5, 0.6) is 0 Å². The third-order valence-corrected chi connectivity index (χ3v) is 4.31. The van der Waals surface area contributed by atoms with E-state index in [1.807, 2.05) is 17.5 Å². The van der Waals surface area contributed by atoms with Crippen LogP contribution in [0.25, 0.3) is 10.8 Å². The first-order chi connectivity index (χ1) is 10.8. The van der Waals surface area contributed by atoms with Gasteiger partial charge >= 0.3 is 0 Å². The number of nitrogens with zero attached hydrogens (tertiary/aromatic N) is 2. The van der Waals surface area contributed by atoms with E-state index >= 15 is 0 Å². The van der Waals surface area contributed by atoms with Crippen LogP contribution in [-0.4, -0.2) is 16.0 Å². The number of carbonyl (C=O) groups is 1. The molecule has 0 spiro atoms. The molecule has 3 aromatic heterocycles. The molecule has 3 heterocycles. The monoisotopic (exact) mass is 315 g/mol. The van der Waals surface area contributed by atoms with Gasteiger partial charge in [0.1, 0.15) is 12.0 Å². The summed E-state index contributed by atoms with van der Waals surface area (Å²) in [4.78, 5) is 17.3. The third-order valence-electron chi connectivity index (χ3n) is 3.45. The van der Waals surface area contributed by atoms with Gasteiger partial charge in [0.2, 0.25) is 5.89 Å². The summed E-state index contributed by atoms with van der Waals surface area (Å²) in [7, 11) is 0. The van der Waals surface area contributed by atoms with Crippen LogP contribution in [0.1, 0.15) is 40.7 Å². The third kappa shape index (κ3) is 2.67. The molecule has 0 aromatic carbocycles. The Kier molecular flexibility index (Phi) is 3.27. The number of hydrogen-bond acceptors (Lipinski definition) is 6. The molecule has 0 bridgehead atoms. The molecule has 1 amide bonds. The molecule has 1 N–H and O–H groups in total. The van der Waals surface area contributed by atoms with Crippen molar-refractivity contribution in [2.45, 2.75) is 25.3 Å². The highest BCUT2D eigenvalue weighted by Crippen LogP contribution is 2.40. The van der Waals surface area contributed by atoms with E-state index in [4.69, 9.17) is 8.94 Å². The number of hydrogen-bond donors (Lipinski definition) is 1. The summed E-state index contributed by atoms with van der Waals surface area (Å²) < 4.78 is 10.6. The first-order valence-corrected chi connectivity index (χ1v) is 7.90. The summed E-state index contributed by atoms with van der Waals surface area (Å²) in [6, 6.07) is 5.59. The Morgan fingerprint density at radius 3 is 3.14 bits per heavy atom. The fraction of sp³-hybridized carbons (Fsp3) is 0.267. The van der Waals surface area contributed by atoms with Gasteiger partial charge in [-0.15, -0.1) is 11.3 Å². The van der Waals surface area contributed by atoms with E-state index in [9.17, 15) is 4.79 Å². The topological polar surface area (TPSA) is 81.2 Å². The van der Waals surface area contributed by atoms with E-state index in [1.165, 1.54) is 0 Å². The summed E-state index contributed by atoms with van der Waals surface area (Å²) in [6.07, 6.45) is 3.77. The van der Waals surface area contributed by atoms with Crippen molar-refractivity contribution in [2.24, 2.45) is 0 Å². The zero-order chi connectivity index (χ0) is 14.9. The van der Waals surface area contributed by atoms with E-state index in [-0.39, 0.29) is 5.91 Å². The smallest absolute Gasteiger partial charge is 0.273 e. The van der Waals surface area contributed by atoms with Gasteiger partial charge in [-0.2, -0.15) is 0 Å². The highest BCUT2D eigenvalue weighted by Gasteiger charge is 2.28. The number of amides is 1. The number of oxazole rings is 1. The van der Waals surface area contributed by atoms with Crippen LogP contribution >= 0.6 is 11.3 Å². The molecule has 3 aromatic rings. The highest BCUT2D eigenvalue weighted by atomic mass is 32.1. The maximum Gasteiger partial charge on any atom is 0.273 e. The van der Waals surface area contributed by atoms with Crippen molar-refractivity contribution in [3.05, 3.63) is 47.0 Å². The molecular weight excluding hydrogens is 302 g/mol. The molecule has 1 fully saturated rings. The summed E-state index contributed by atoms with van der Waals surface area (Å²) in [6.45, 7) is 0.291. The van der Waals surface area contributed by atoms with Gasteiger partial charge in [-0.25, -0.2) is 4.98 Å². The van der Waals surface area contributed by atoms with Gasteiger partial charge in [0, 0.05) is 12.0 Å². The maximum absolute atomic E-state index is 12.0. The Hall–Kier alpha value is -2.41. The van der Waals surface area contributed by atoms with Crippen LogP contribution in [0.3, 0.4) is 0 Å². The average molecular weight is 315 g/mol. The van der Waals surface area contributed by atoms with E-state index in [2.05, 4.69) is 15.5 Å². The van der Waals surface area contributed by atoms with Gasteiger partial charge in [-0.3, -0.25) is 4.79 Å². The zero-order valence-electron chi connectivity index (χ0n) is 11.6. The average Bonchev–Trinajstić information content (AvgIpc) is 3.02. The van der Waals surface area contributed by atoms with Gasteiger partial charge in [-0.05, 0) is 24.3 Å². The molecule has 0 radical (unpaired) electrons. The molecule has 0 aliphatic heterocycles. The quantitative estimate of drug-likeness (QED) is 0.782. The lowest BCUT2D eigenvalue weighted by molar-refractivity contribution is 0.0941. The molecular formula is C15H13N3O3S. The second-order valence-electron chi connectivity index (χ2n) is 5.19. The number of aromatic nitrogens is 2. The van der Waals surface area contributed by atoms with Crippen LogP contribution in [0.2, 0.25) is 0 Å². The molecule has 7 heteroatoms. The number of thiophene rings is 1. The van der Waals surface area contributed by atoms with Gasteiger partial charge in [0.15, 0.2) is 5.69 Å². The Labute approximate surface area is 130 Å². The molecule has 1 aliphatic carbocycles. The van der Waals surface area contributed by atoms with Crippen molar-refractivity contribution >= 4 is 17.2 Å². The van der Waals surface area contributed by atoms with E-state index in [0.29, 0.717) is 29.7 Å². The van der Waals surface area contributed by atoms with Crippen LogP contribution in [-0.2, 0) is 6.54 Å². The second-order valence-corrected chi connectivity index (χ2v) is 6.14. The van der Waals surface area contributed by atoms with Crippen LogP contribution in [0.4, 0.5) is 0 Å². The van der Waals surface area contributed by atoms with Crippen molar-refractivity contribution in [1.29, 1.82) is 0 Å². The standard InChI is InChI=1S/C15H13N3O3S/c19-14(11-6-12(21-18-11)9-3-4-9)16-7-10-8-20-15(17-10)13-2-1-5-22-13/h1-2,5-6,8-9H,3-4,7H2,(H,16,19). The van der Waals surface area contributed by atoms with Gasteiger partial charge in [0.05, 0.1) is 17.1 Å². The number of nitrogens with one attached hydrogen (secondary N) is 1. The van der Waals surface area contributed by atoms with E-state index < -0.39 is 0 Å². The van der Waals surface area contributed by atoms with Crippen molar-refractivity contribution in [1.82, 2.24) is 15.5 Å². The van der Waals surface area contributed by atoms with Crippen molar-refractivity contribution in [3.8, 4) is 10.8 Å². The van der Waals surface area contributed by atoms with Crippen molar-refractivity contribution < 1.29 is 13.7 Å². The molecule has 0 saturated heterocycles. The maximum atomic E-state index is 12.0. The fourth-order valence-electron chi connectivity index (χ4n) is 2.12. The lowest BCUT2D eigenvalue weighted by Crippen LogP contribution is -2.23. The van der Waals surface area contributed by atoms with Gasteiger partial charge < -0.3 is 14.3 Å². The minimum atomic E-state index is -0.267. The molecule has 1 aliphatic rings. The zero-order valence-corrected chi connectivity index (χ0v) is 12.4. The first kappa shape index (κ1) is 13.3. The summed E-state index contributed by atoms with van der Waals surface area (Å²) in [5, 5.41) is 8.53. The number of rotatable bonds is 5. The Bertz CT molecular complexity index is 787. The molecule has 22 heavy (non-hydrogen) atoms. The normalized spacial score (nSPS) is 14.2. The van der Waals surface area contributed by atoms with Gasteiger partial charge in [-0.1, -0.05) is 11.2 Å². The minimum absolute atomic E-state index is 0.267. The first-order valence-electron chi connectivity index (χ1n) is 7.02. The predicted molar refractivity (Wildman–Crippen MR) is 79.5 cm³/mol. The summed E-state index contributed by atoms with van der Waals surface area (Å²) >= 11 is 1.56. The largest absolute Gasteiger partial charge is 0.443 e. The Morgan fingerprint density at radius 1 is 1.45 bits per heavy atom. The molecule has 4 rings (SSSR count). The van der Waals surface area contributed by atoms with E-state index in [1.54, 1.807) is 23.7 Å². The van der Waals surface area contributed by atoms with Crippen LogP contribution in [0.15, 0.2) is 38.8 Å². The molecule has 1 saturated carbocycles. The van der Waals surface area contributed by atoms with Crippen molar-refractivity contribution in [3.63, 3.8) is 0 Å². The molecule has 0 unspecified atom stereocenters. The van der Waals surface area contributed by atoms with Crippen LogP contribution < -0.4 is 5.32 Å². The predicted octanol–water partition coefficient (Wildman–Crippen LogP) is 3.20. The Balaban J connectivity index is 1.38. The number of carbonyl (C=O) groups excluding carboxylic acids is 1. The summed E-state index contributed by atoms with van der Waals surface area (Å²) in [5.41, 5.74) is 0.978. The van der Waals surface area contributed by atoms with Gasteiger partial charge in [0.25, 0.3) is 5.91 Å². The SMILES string of the molecule is O=C(NCc1coc(-c2cccs2)n1)c1cc(C2CC2)on1. The highest BCUT2D eigenvalue weighted by molar-refractivity contribution is 7.13. The second kappa shape index (κ2) is 5.42. The van der Waals surface area contributed by atoms with Crippen molar-refractivity contribution in [2.75, 3.05) is 0 Å². The van der Waals surface area contributed by atoms with E-state index in [0.717, 1.165) is 23.5 Å². The molecule has 112 valence electrons.